The molecule has 76 valence electrons. The second kappa shape index (κ2) is 6.96. The van der Waals surface area contributed by atoms with Crippen LogP contribution in [0.15, 0.2) is 61.5 Å². The van der Waals surface area contributed by atoms with Gasteiger partial charge < -0.3 is 5.32 Å². The second-order valence-corrected chi connectivity index (χ2v) is 3.16. The van der Waals surface area contributed by atoms with Crippen LogP contribution >= 0.6 is 0 Å². The minimum absolute atomic E-state index is 0.317. The van der Waals surface area contributed by atoms with Crippen LogP contribution in [0.25, 0.3) is 0 Å². The monoisotopic (exact) mass is 189 g/mol. The van der Waals surface area contributed by atoms with Crippen molar-refractivity contribution in [1.82, 2.24) is 5.32 Å². The van der Waals surface area contributed by atoms with E-state index < -0.39 is 0 Å². The minimum Gasteiger partial charge on any atom is -0.365 e. The average Bonchev–Trinajstić information content (AvgIpc) is 2.16. The molecule has 0 aliphatic rings. The molecule has 1 N–H and O–H groups in total. The summed E-state index contributed by atoms with van der Waals surface area (Å²) in [6, 6.07) is 0. The zero-order chi connectivity index (χ0) is 11.0. The van der Waals surface area contributed by atoms with Gasteiger partial charge in [0.05, 0.1) is 0 Å². The van der Waals surface area contributed by atoms with E-state index in [-0.39, 0.29) is 0 Å². The molecule has 0 heterocycles. The molecule has 0 saturated heterocycles. The highest BCUT2D eigenvalue weighted by atomic mass is 14.8. The Labute approximate surface area is 87.2 Å². The maximum atomic E-state index is 3.90. The average molecular weight is 189 g/mol. The summed E-state index contributed by atoms with van der Waals surface area (Å²) in [5.41, 5.74) is 2.12. The van der Waals surface area contributed by atoms with E-state index in [0.717, 1.165) is 11.3 Å². The molecule has 0 saturated carbocycles. The van der Waals surface area contributed by atoms with Crippen LogP contribution in [0.4, 0.5) is 0 Å². The maximum absolute atomic E-state index is 3.90. The van der Waals surface area contributed by atoms with E-state index >= 15 is 0 Å². The Morgan fingerprint density at radius 1 is 1.36 bits per heavy atom. The molecular weight excluding hydrogens is 170 g/mol. The van der Waals surface area contributed by atoms with Crippen molar-refractivity contribution in [3.8, 4) is 0 Å². The molecule has 0 radical (unpaired) electrons. The molecule has 0 bridgehead atoms. The summed E-state index contributed by atoms with van der Waals surface area (Å²) in [5, 5.41) is 3.13. The van der Waals surface area contributed by atoms with E-state index in [2.05, 4.69) is 38.1 Å². The highest BCUT2D eigenvalue weighted by molar-refractivity contribution is 5.21. The molecule has 1 heteroatoms. The molecule has 14 heavy (non-hydrogen) atoms. The van der Waals surface area contributed by atoms with Crippen molar-refractivity contribution >= 4 is 0 Å². The van der Waals surface area contributed by atoms with Crippen LogP contribution in [0.3, 0.4) is 0 Å². The van der Waals surface area contributed by atoms with Gasteiger partial charge in [0.25, 0.3) is 0 Å². The molecule has 0 aromatic carbocycles. The summed E-state index contributed by atoms with van der Waals surface area (Å²) in [6.45, 7) is 15.3. The molecule has 0 unspecified atom stereocenters. The molecule has 1 atom stereocenters. The number of nitrogens with one attached hydrogen (secondary N) is 1. The third kappa shape index (κ3) is 5.20. The van der Waals surface area contributed by atoms with Gasteiger partial charge in [0.1, 0.15) is 0 Å². The highest BCUT2D eigenvalue weighted by Gasteiger charge is 1.98. The maximum Gasteiger partial charge on any atom is 0.00803 e. The van der Waals surface area contributed by atoms with E-state index in [1.165, 1.54) is 0 Å². The summed E-state index contributed by atoms with van der Waals surface area (Å²) < 4.78 is 0. The van der Waals surface area contributed by atoms with Gasteiger partial charge in [0.15, 0.2) is 0 Å². The molecular formula is C13H19N. The van der Waals surface area contributed by atoms with Gasteiger partial charge >= 0.3 is 0 Å². The van der Waals surface area contributed by atoms with Crippen LogP contribution in [-0.4, -0.2) is 0 Å². The molecule has 0 amide bonds. The molecule has 0 spiro atoms. The predicted octanol–water partition coefficient (Wildman–Crippen LogP) is 3.56. The van der Waals surface area contributed by atoms with E-state index in [1.54, 1.807) is 12.2 Å². The van der Waals surface area contributed by atoms with Crippen molar-refractivity contribution in [3.05, 3.63) is 61.5 Å². The van der Waals surface area contributed by atoms with Crippen molar-refractivity contribution in [3.63, 3.8) is 0 Å². The van der Waals surface area contributed by atoms with Crippen LogP contribution in [0.5, 0.6) is 0 Å². The van der Waals surface area contributed by atoms with Crippen LogP contribution < -0.4 is 5.32 Å². The fourth-order valence-electron chi connectivity index (χ4n) is 0.964. The minimum atomic E-state index is 0.317. The summed E-state index contributed by atoms with van der Waals surface area (Å²) >= 11 is 0. The fourth-order valence-corrected chi connectivity index (χ4v) is 0.964. The number of rotatable bonds is 6. The van der Waals surface area contributed by atoms with Gasteiger partial charge in [-0.25, -0.2) is 0 Å². The summed E-state index contributed by atoms with van der Waals surface area (Å²) in [6.07, 6.45) is 9.32. The largest absolute Gasteiger partial charge is 0.365 e. The van der Waals surface area contributed by atoms with E-state index in [9.17, 15) is 0 Å². The van der Waals surface area contributed by atoms with Gasteiger partial charge in [-0.15, -0.1) is 0 Å². The normalized spacial score (nSPS) is 13.7. The standard InChI is InChI=1S/C13H19N/c1-6-8-9-14-13(5)10-12(4)11(3)7-2/h6-10,12,14H,1-3H2,4-5H3/b9-8+,13-10+/t12-/m1/s1. The zero-order valence-electron chi connectivity index (χ0n) is 9.09. The first kappa shape index (κ1) is 12.5. The molecule has 0 aliphatic heterocycles. The van der Waals surface area contributed by atoms with Gasteiger partial charge in [-0.05, 0) is 18.6 Å². The summed E-state index contributed by atoms with van der Waals surface area (Å²) in [7, 11) is 0. The van der Waals surface area contributed by atoms with Crippen LogP contribution in [0.2, 0.25) is 0 Å². The van der Waals surface area contributed by atoms with Crippen molar-refractivity contribution in [1.29, 1.82) is 0 Å². The van der Waals surface area contributed by atoms with Gasteiger partial charge in [-0.3, -0.25) is 0 Å². The second-order valence-electron chi connectivity index (χ2n) is 3.16. The van der Waals surface area contributed by atoms with Crippen molar-refractivity contribution in [2.45, 2.75) is 13.8 Å². The summed E-state index contributed by atoms with van der Waals surface area (Å²) in [5.74, 6) is 0.317. The molecule has 0 aromatic rings. The molecule has 0 fully saturated rings. The van der Waals surface area contributed by atoms with E-state index in [4.69, 9.17) is 0 Å². The van der Waals surface area contributed by atoms with Crippen molar-refractivity contribution < 1.29 is 0 Å². The lowest BCUT2D eigenvalue weighted by Crippen LogP contribution is -2.03. The predicted molar refractivity (Wildman–Crippen MR) is 64.7 cm³/mol. The lowest BCUT2D eigenvalue weighted by atomic mass is 10.0. The van der Waals surface area contributed by atoms with Crippen LogP contribution in [-0.2, 0) is 0 Å². The smallest absolute Gasteiger partial charge is 0.00803 e. The third-order valence-corrected chi connectivity index (χ3v) is 1.89. The highest BCUT2D eigenvalue weighted by Crippen LogP contribution is 2.11. The Bertz CT molecular complexity index is 269. The molecule has 0 aromatic heterocycles. The molecule has 0 aliphatic carbocycles. The fraction of sp³-hybridized carbons (Fsp3) is 0.231. The van der Waals surface area contributed by atoms with Crippen molar-refractivity contribution in [2.75, 3.05) is 0 Å². The van der Waals surface area contributed by atoms with Gasteiger partial charge in [0.2, 0.25) is 0 Å². The lowest BCUT2D eigenvalue weighted by molar-refractivity contribution is 0.864. The lowest BCUT2D eigenvalue weighted by Gasteiger charge is -2.08. The SMILES string of the molecule is C=C/C=C/N/C(C)=C/[C@@H](C)C(=C)C=C. The third-order valence-electron chi connectivity index (χ3n) is 1.89. The molecule has 0 rings (SSSR count). The number of hydrogen-bond donors (Lipinski definition) is 1. The first-order valence-electron chi connectivity index (χ1n) is 4.65. The number of hydrogen-bond acceptors (Lipinski definition) is 1. The Hall–Kier alpha value is -1.50. The molecule has 1 nitrogen and oxygen atoms in total. The Morgan fingerprint density at radius 3 is 2.50 bits per heavy atom. The van der Waals surface area contributed by atoms with Gasteiger partial charge in [0, 0.05) is 17.8 Å². The number of allylic oxidation sites excluding steroid dienone is 6. The quantitative estimate of drug-likeness (QED) is 0.630. The zero-order valence-corrected chi connectivity index (χ0v) is 9.09. The Kier molecular flexibility index (Phi) is 6.21. The van der Waals surface area contributed by atoms with Crippen LogP contribution in [0.1, 0.15) is 13.8 Å². The van der Waals surface area contributed by atoms with Gasteiger partial charge in [-0.2, -0.15) is 0 Å². The first-order chi connectivity index (χ1) is 6.61. The van der Waals surface area contributed by atoms with Gasteiger partial charge in [-0.1, -0.05) is 44.9 Å². The van der Waals surface area contributed by atoms with Crippen molar-refractivity contribution in [2.24, 2.45) is 5.92 Å². The van der Waals surface area contributed by atoms with E-state index in [1.807, 2.05) is 19.2 Å². The Morgan fingerprint density at radius 2 is 2.00 bits per heavy atom. The summed E-state index contributed by atoms with van der Waals surface area (Å²) in [4.78, 5) is 0. The Balaban J connectivity index is 4.21. The topological polar surface area (TPSA) is 12.0 Å². The first-order valence-corrected chi connectivity index (χ1v) is 4.65. The van der Waals surface area contributed by atoms with Crippen LogP contribution in [0, 0.1) is 5.92 Å². The van der Waals surface area contributed by atoms with E-state index in [0.29, 0.717) is 5.92 Å².